The SMILES string of the molecule is O=C(COC(=O)COc1ccc2c3c(c(=O)oc2c1)CCC3)NCC(F)(F)F. The molecular formula is C18H16F3NO6. The molecule has 1 aliphatic carbocycles. The normalized spacial score (nSPS) is 13.2. The van der Waals surface area contributed by atoms with Crippen LogP contribution in [0, 0.1) is 0 Å². The van der Waals surface area contributed by atoms with Gasteiger partial charge in [-0.25, -0.2) is 9.59 Å². The van der Waals surface area contributed by atoms with Gasteiger partial charge in [-0.1, -0.05) is 0 Å². The van der Waals surface area contributed by atoms with Gasteiger partial charge in [0.2, 0.25) is 0 Å². The number of ether oxygens (including phenoxy) is 2. The molecule has 28 heavy (non-hydrogen) atoms. The van der Waals surface area contributed by atoms with Crippen LogP contribution in [0.5, 0.6) is 5.75 Å². The molecule has 1 aromatic carbocycles. The van der Waals surface area contributed by atoms with Crippen molar-refractivity contribution in [3.05, 3.63) is 39.7 Å². The molecule has 0 fully saturated rings. The minimum atomic E-state index is -4.55. The van der Waals surface area contributed by atoms with Crippen LogP contribution in [0.2, 0.25) is 0 Å². The van der Waals surface area contributed by atoms with Crippen molar-refractivity contribution >= 4 is 22.8 Å². The number of carbonyl (C=O) groups excluding carboxylic acids is 2. The Kier molecular flexibility index (Phi) is 5.57. The highest BCUT2D eigenvalue weighted by Gasteiger charge is 2.27. The Hall–Kier alpha value is -3.04. The highest BCUT2D eigenvalue weighted by molar-refractivity contribution is 5.83. The number of alkyl halides is 3. The Labute approximate surface area is 156 Å². The highest BCUT2D eigenvalue weighted by Crippen LogP contribution is 2.29. The summed E-state index contributed by atoms with van der Waals surface area (Å²) in [6.45, 7) is -2.92. The van der Waals surface area contributed by atoms with Crippen LogP contribution in [0.1, 0.15) is 17.5 Å². The monoisotopic (exact) mass is 399 g/mol. The first-order valence-corrected chi connectivity index (χ1v) is 8.43. The second kappa shape index (κ2) is 7.91. The van der Waals surface area contributed by atoms with Crippen LogP contribution in [0.15, 0.2) is 27.4 Å². The van der Waals surface area contributed by atoms with E-state index in [1.165, 1.54) is 6.07 Å². The van der Waals surface area contributed by atoms with Crippen LogP contribution in [-0.4, -0.2) is 37.8 Å². The van der Waals surface area contributed by atoms with Gasteiger partial charge in [-0.3, -0.25) is 4.79 Å². The van der Waals surface area contributed by atoms with Crippen LogP contribution in [0.25, 0.3) is 11.0 Å². The number of halogens is 3. The first-order valence-electron chi connectivity index (χ1n) is 8.43. The quantitative estimate of drug-likeness (QED) is 0.589. The van der Waals surface area contributed by atoms with Crippen molar-refractivity contribution in [2.24, 2.45) is 0 Å². The lowest BCUT2D eigenvalue weighted by atomic mass is 10.1. The molecule has 1 heterocycles. The smallest absolute Gasteiger partial charge is 0.405 e. The molecule has 1 aromatic heterocycles. The molecule has 7 nitrogen and oxygen atoms in total. The number of esters is 1. The summed E-state index contributed by atoms with van der Waals surface area (Å²) < 4.78 is 51.0. The molecule has 1 aliphatic rings. The molecule has 0 atom stereocenters. The van der Waals surface area contributed by atoms with E-state index >= 15 is 0 Å². The molecule has 2 aromatic rings. The standard InChI is InChI=1S/C18H16F3NO6/c19-18(20,21)9-22-15(23)7-27-16(24)8-26-10-4-5-12-11-2-1-3-13(11)17(25)28-14(12)6-10/h4-6H,1-3,7-9H2,(H,22,23). The molecule has 3 rings (SSSR count). The molecule has 1 amide bonds. The maximum atomic E-state index is 12.0. The van der Waals surface area contributed by atoms with Gasteiger partial charge in [0, 0.05) is 17.0 Å². The van der Waals surface area contributed by atoms with Gasteiger partial charge < -0.3 is 19.2 Å². The van der Waals surface area contributed by atoms with Crippen LogP contribution >= 0.6 is 0 Å². The summed E-state index contributed by atoms with van der Waals surface area (Å²) in [5, 5.41) is 2.38. The molecule has 0 spiro atoms. The van der Waals surface area contributed by atoms with Gasteiger partial charge in [-0.2, -0.15) is 13.2 Å². The summed E-state index contributed by atoms with van der Waals surface area (Å²) in [5.74, 6) is -1.77. The lowest BCUT2D eigenvalue weighted by Crippen LogP contribution is -2.36. The minimum Gasteiger partial charge on any atom is -0.482 e. The third-order valence-corrected chi connectivity index (χ3v) is 4.15. The Balaban J connectivity index is 1.54. The average molecular weight is 399 g/mol. The summed E-state index contributed by atoms with van der Waals surface area (Å²) in [4.78, 5) is 34.7. The zero-order valence-corrected chi connectivity index (χ0v) is 14.6. The third-order valence-electron chi connectivity index (χ3n) is 4.15. The summed E-state index contributed by atoms with van der Waals surface area (Å²) in [7, 11) is 0. The number of fused-ring (bicyclic) bond motifs is 3. The van der Waals surface area contributed by atoms with Gasteiger partial charge in [0.1, 0.15) is 17.9 Å². The lowest BCUT2D eigenvalue weighted by molar-refractivity contribution is -0.152. The molecule has 150 valence electrons. The van der Waals surface area contributed by atoms with E-state index in [1.807, 2.05) is 0 Å². The predicted molar refractivity (Wildman–Crippen MR) is 90.0 cm³/mol. The second-order valence-electron chi connectivity index (χ2n) is 6.20. The van der Waals surface area contributed by atoms with Crippen LogP contribution in [0.4, 0.5) is 13.2 Å². The topological polar surface area (TPSA) is 94.8 Å². The van der Waals surface area contributed by atoms with Crippen molar-refractivity contribution in [1.29, 1.82) is 0 Å². The summed E-state index contributed by atoms with van der Waals surface area (Å²) in [6, 6.07) is 4.80. The first-order chi connectivity index (χ1) is 13.2. The van der Waals surface area contributed by atoms with Crippen LogP contribution in [0.3, 0.4) is 0 Å². The highest BCUT2D eigenvalue weighted by atomic mass is 19.4. The van der Waals surface area contributed by atoms with E-state index in [0.717, 1.165) is 23.8 Å². The van der Waals surface area contributed by atoms with Crippen molar-refractivity contribution in [3.8, 4) is 5.75 Å². The van der Waals surface area contributed by atoms with Gasteiger partial charge in [0.25, 0.3) is 5.91 Å². The van der Waals surface area contributed by atoms with Gasteiger partial charge in [-0.15, -0.1) is 0 Å². The number of hydrogen-bond acceptors (Lipinski definition) is 6. The lowest BCUT2D eigenvalue weighted by Gasteiger charge is -2.10. The molecule has 0 bridgehead atoms. The van der Waals surface area contributed by atoms with Crippen molar-refractivity contribution in [1.82, 2.24) is 5.32 Å². The number of hydrogen-bond donors (Lipinski definition) is 1. The molecule has 0 radical (unpaired) electrons. The number of rotatable bonds is 6. The number of benzene rings is 1. The first kappa shape index (κ1) is 19.7. The van der Waals surface area contributed by atoms with Gasteiger partial charge in [-0.05, 0) is 37.0 Å². The van der Waals surface area contributed by atoms with E-state index in [2.05, 4.69) is 4.74 Å². The molecule has 0 aliphatic heterocycles. The van der Waals surface area contributed by atoms with E-state index in [-0.39, 0.29) is 11.4 Å². The van der Waals surface area contributed by atoms with Crippen molar-refractivity contribution < 1.29 is 36.7 Å². The average Bonchev–Trinajstić information content (AvgIpc) is 3.13. The molecule has 10 heteroatoms. The van der Waals surface area contributed by atoms with Gasteiger partial charge in [0.15, 0.2) is 13.2 Å². The van der Waals surface area contributed by atoms with Gasteiger partial charge in [0.05, 0.1) is 0 Å². The molecule has 0 saturated carbocycles. The molecule has 0 unspecified atom stereocenters. The van der Waals surface area contributed by atoms with E-state index in [4.69, 9.17) is 9.15 Å². The Morgan fingerprint density at radius 2 is 1.89 bits per heavy atom. The molecular weight excluding hydrogens is 383 g/mol. The largest absolute Gasteiger partial charge is 0.482 e. The van der Waals surface area contributed by atoms with Gasteiger partial charge >= 0.3 is 17.8 Å². The Bertz CT molecular complexity index is 966. The summed E-state index contributed by atoms with van der Waals surface area (Å²) in [5.41, 5.74) is 1.60. The Morgan fingerprint density at radius 3 is 2.64 bits per heavy atom. The van der Waals surface area contributed by atoms with E-state index in [9.17, 15) is 27.6 Å². The van der Waals surface area contributed by atoms with Crippen molar-refractivity contribution in [2.75, 3.05) is 19.8 Å². The summed E-state index contributed by atoms with van der Waals surface area (Å²) >= 11 is 0. The minimum absolute atomic E-state index is 0.243. The fourth-order valence-electron chi connectivity index (χ4n) is 2.93. The Morgan fingerprint density at radius 1 is 1.14 bits per heavy atom. The number of aryl methyl sites for hydroxylation is 1. The number of nitrogens with one attached hydrogen (secondary N) is 1. The number of carbonyl (C=O) groups is 2. The fourth-order valence-corrected chi connectivity index (χ4v) is 2.93. The maximum absolute atomic E-state index is 12.0. The van der Waals surface area contributed by atoms with Crippen LogP contribution in [-0.2, 0) is 27.2 Å². The zero-order valence-electron chi connectivity index (χ0n) is 14.6. The zero-order chi connectivity index (χ0) is 20.3. The fraction of sp³-hybridized carbons (Fsp3) is 0.389. The summed E-state index contributed by atoms with van der Waals surface area (Å²) in [6.07, 6.45) is -2.18. The number of amides is 1. The predicted octanol–water partition coefficient (Wildman–Crippen LogP) is 1.88. The molecule has 1 N–H and O–H groups in total. The third kappa shape index (κ3) is 4.81. The second-order valence-corrected chi connectivity index (χ2v) is 6.20. The van der Waals surface area contributed by atoms with E-state index < -0.39 is 37.8 Å². The van der Waals surface area contributed by atoms with Crippen molar-refractivity contribution in [3.63, 3.8) is 0 Å². The van der Waals surface area contributed by atoms with E-state index in [0.29, 0.717) is 17.6 Å². The maximum Gasteiger partial charge on any atom is 0.405 e. The molecule has 0 saturated heterocycles. The van der Waals surface area contributed by atoms with E-state index in [1.54, 1.807) is 17.4 Å². The van der Waals surface area contributed by atoms with Crippen LogP contribution < -0.4 is 15.7 Å². The van der Waals surface area contributed by atoms with Crippen molar-refractivity contribution in [2.45, 2.75) is 25.4 Å².